The topological polar surface area (TPSA) is 44.2 Å². The van der Waals surface area contributed by atoms with Crippen LogP contribution in [-0.4, -0.2) is 17.1 Å². The molecule has 4 nitrogen and oxygen atoms in total. The first-order valence-corrected chi connectivity index (χ1v) is 8.69. The van der Waals surface area contributed by atoms with Gasteiger partial charge in [0.1, 0.15) is 0 Å². The molecule has 0 N–H and O–H groups in total. The zero-order chi connectivity index (χ0) is 18.2. The molecule has 3 rings (SSSR count). The third-order valence-electron chi connectivity index (χ3n) is 3.94. The van der Waals surface area contributed by atoms with Gasteiger partial charge in [0, 0.05) is 30.2 Å². The van der Waals surface area contributed by atoms with Crippen LogP contribution in [0.3, 0.4) is 0 Å². The normalized spacial score (nSPS) is 11.2. The summed E-state index contributed by atoms with van der Waals surface area (Å²) in [7, 11) is 1.64. The molecule has 3 aromatic rings. The molecular formula is C22H22N2O2. The monoisotopic (exact) mass is 346 g/mol. The largest absolute Gasteiger partial charge is 0.493 e. The molecule has 0 saturated carbocycles. The van der Waals surface area contributed by atoms with E-state index in [1.54, 1.807) is 19.5 Å². The summed E-state index contributed by atoms with van der Waals surface area (Å²) in [5, 5.41) is 0. The SMILES string of the molecule is CCC/C=C(/c1cccnc1)c1ccc(Oc2ccccn2)c(OC)c1. The molecular weight excluding hydrogens is 324 g/mol. The highest BCUT2D eigenvalue weighted by molar-refractivity contribution is 5.80. The Hall–Kier alpha value is -3.14. The molecule has 4 heteroatoms. The van der Waals surface area contributed by atoms with Crippen molar-refractivity contribution in [3.8, 4) is 17.4 Å². The Bertz CT molecular complexity index is 862. The van der Waals surface area contributed by atoms with E-state index in [1.807, 2.05) is 48.7 Å². The summed E-state index contributed by atoms with van der Waals surface area (Å²) in [6.07, 6.45) is 9.69. The van der Waals surface area contributed by atoms with E-state index in [0.717, 1.165) is 29.5 Å². The Kier molecular flexibility index (Phi) is 5.99. The lowest BCUT2D eigenvalue weighted by Gasteiger charge is -2.13. The van der Waals surface area contributed by atoms with Crippen molar-refractivity contribution in [1.82, 2.24) is 9.97 Å². The maximum atomic E-state index is 5.85. The van der Waals surface area contributed by atoms with Gasteiger partial charge in [-0.05, 0) is 41.8 Å². The molecule has 0 atom stereocenters. The zero-order valence-corrected chi connectivity index (χ0v) is 15.1. The van der Waals surface area contributed by atoms with Crippen LogP contribution in [0.15, 0.2) is 73.2 Å². The lowest BCUT2D eigenvalue weighted by Crippen LogP contribution is -1.95. The van der Waals surface area contributed by atoms with Crippen molar-refractivity contribution in [2.24, 2.45) is 0 Å². The summed E-state index contributed by atoms with van der Waals surface area (Å²) in [4.78, 5) is 8.45. The van der Waals surface area contributed by atoms with Gasteiger partial charge in [0.05, 0.1) is 7.11 Å². The highest BCUT2D eigenvalue weighted by Gasteiger charge is 2.11. The summed E-state index contributed by atoms with van der Waals surface area (Å²) in [6, 6.07) is 15.5. The van der Waals surface area contributed by atoms with Crippen molar-refractivity contribution in [2.75, 3.05) is 7.11 Å². The predicted octanol–water partition coefficient (Wildman–Crippen LogP) is 5.51. The maximum Gasteiger partial charge on any atom is 0.219 e. The first-order valence-electron chi connectivity index (χ1n) is 8.69. The third-order valence-corrected chi connectivity index (χ3v) is 3.94. The maximum absolute atomic E-state index is 5.85. The van der Waals surface area contributed by atoms with E-state index >= 15 is 0 Å². The Morgan fingerprint density at radius 2 is 1.92 bits per heavy atom. The van der Waals surface area contributed by atoms with Crippen LogP contribution in [0.25, 0.3) is 5.57 Å². The van der Waals surface area contributed by atoms with Gasteiger partial charge in [-0.1, -0.05) is 37.6 Å². The number of hydrogen-bond acceptors (Lipinski definition) is 4. The Morgan fingerprint density at radius 3 is 2.62 bits per heavy atom. The number of benzene rings is 1. The van der Waals surface area contributed by atoms with Gasteiger partial charge >= 0.3 is 0 Å². The number of rotatable bonds is 7. The molecule has 0 amide bonds. The minimum Gasteiger partial charge on any atom is -0.493 e. The van der Waals surface area contributed by atoms with E-state index < -0.39 is 0 Å². The molecule has 0 saturated heterocycles. The third kappa shape index (κ3) is 4.28. The number of aromatic nitrogens is 2. The molecule has 2 aromatic heterocycles. The van der Waals surface area contributed by atoms with Crippen molar-refractivity contribution in [2.45, 2.75) is 19.8 Å². The fourth-order valence-electron chi connectivity index (χ4n) is 2.65. The van der Waals surface area contributed by atoms with Crippen LogP contribution in [0, 0.1) is 0 Å². The van der Waals surface area contributed by atoms with Crippen molar-refractivity contribution in [1.29, 1.82) is 0 Å². The van der Waals surface area contributed by atoms with Crippen molar-refractivity contribution in [3.05, 3.63) is 84.3 Å². The number of nitrogens with zero attached hydrogens (tertiary/aromatic N) is 2. The average molecular weight is 346 g/mol. The summed E-state index contributed by atoms with van der Waals surface area (Å²) >= 11 is 0. The molecule has 132 valence electrons. The fraction of sp³-hybridized carbons (Fsp3) is 0.182. The molecule has 0 bridgehead atoms. The molecule has 0 aliphatic heterocycles. The smallest absolute Gasteiger partial charge is 0.219 e. The van der Waals surface area contributed by atoms with E-state index in [4.69, 9.17) is 9.47 Å². The first-order chi connectivity index (χ1) is 12.8. The molecule has 0 unspecified atom stereocenters. The number of ether oxygens (including phenoxy) is 2. The van der Waals surface area contributed by atoms with Crippen LogP contribution in [0.4, 0.5) is 0 Å². The minimum atomic E-state index is 0.535. The molecule has 0 aliphatic rings. The van der Waals surface area contributed by atoms with Crippen LogP contribution >= 0.6 is 0 Å². The van der Waals surface area contributed by atoms with E-state index in [9.17, 15) is 0 Å². The number of pyridine rings is 2. The molecule has 0 fully saturated rings. The summed E-state index contributed by atoms with van der Waals surface area (Å²) in [5.41, 5.74) is 3.29. The van der Waals surface area contributed by atoms with Crippen molar-refractivity contribution in [3.63, 3.8) is 0 Å². The highest BCUT2D eigenvalue weighted by Crippen LogP contribution is 2.35. The van der Waals surface area contributed by atoms with Crippen LogP contribution < -0.4 is 9.47 Å². The molecule has 0 spiro atoms. The van der Waals surface area contributed by atoms with Crippen molar-refractivity contribution >= 4 is 5.57 Å². The Labute approximate surface area is 154 Å². The summed E-state index contributed by atoms with van der Waals surface area (Å²) in [5.74, 6) is 1.84. The van der Waals surface area contributed by atoms with Gasteiger partial charge in [-0.2, -0.15) is 0 Å². The van der Waals surface area contributed by atoms with Crippen molar-refractivity contribution < 1.29 is 9.47 Å². The molecule has 0 radical (unpaired) electrons. The Morgan fingerprint density at radius 1 is 1.00 bits per heavy atom. The molecule has 26 heavy (non-hydrogen) atoms. The predicted molar refractivity (Wildman–Crippen MR) is 104 cm³/mol. The summed E-state index contributed by atoms with van der Waals surface area (Å²) < 4.78 is 11.4. The number of hydrogen-bond donors (Lipinski definition) is 0. The average Bonchev–Trinajstić information content (AvgIpc) is 2.71. The lowest BCUT2D eigenvalue weighted by atomic mass is 9.97. The second-order valence-electron chi connectivity index (χ2n) is 5.78. The second-order valence-corrected chi connectivity index (χ2v) is 5.78. The minimum absolute atomic E-state index is 0.535. The van der Waals surface area contributed by atoms with Crippen LogP contribution in [0.1, 0.15) is 30.9 Å². The first kappa shape index (κ1) is 17.7. The number of unbranched alkanes of at least 4 members (excludes halogenated alkanes) is 1. The highest BCUT2D eigenvalue weighted by atomic mass is 16.5. The zero-order valence-electron chi connectivity index (χ0n) is 15.1. The fourth-order valence-corrected chi connectivity index (χ4v) is 2.65. The van der Waals surface area contributed by atoms with E-state index in [0.29, 0.717) is 17.4 Å². The number of methoxy groups -OCH3 is 1. The van der Waals surface area contributed by atoms with E-state index in [2.05, 4.69) is 29.0 Å². The standard InChI is InChI=1S/C22H22N2O2/c1-3-4-9-19(18-8-7-13-23-16-18)17-11-12-20(21(15-17)25-2)26-22-10-5-6-14-24-22/h5-16H,3-4H2,1-2H3/b19-9+. The van der Waals surface area contributed by atoms with E-state index in [1.165, 1.54) is 0 Å². The summed E-state index contributed by atoms with van der Waals surface area (Å²) in [6.45, 7) is 2.17. The molecule has 2 heterocycles. The van der Waals surface area contributed by atoms with Gasteiger partial charge < -0.3 is 9.47 Å². The lowest BCUT2D eigenvalue weighted by molar-refractivity contribution is 0.374. The van der Waals surface area contributed by atoms with Crippen LogP contribution in [0.2, 0.25) is 0 Å². The van der Waals surface area contributed by atoms with Gasteiger partial charge in [0.25, 0.3) is 0 Å². The molecule has 0 aliphatic carbocycles. The number of allylic oxidation sites excluding steroid dienone is 1. The van der Waals surface area contributed by atoms with Crippen LogP contribution in [0.5, 0.6) is 17.4 Å². The molecule has 1 aromatic carbocycles. The van der Waals surface area contributed by atoms with Gasteiger partial charge in [0.2, 0.25) is 5.88 Å². The van der Waals surface area contributed by atoms with Crippen LogP contribution in [-0.2, 0) is 0 Å². The van der Waals surface area contributed by atoms with Gasteiger partial charge in [-0.3, -0.25) is 4.98 Å². The van der Waals surface area contributed by atoms with Gasteiger partial charge in [-0.15, -0.1) is 0 Å². The van der Waals surface area contributed by atoms with Gasteiger partial charge in [-0.25, -0.2) is 4.98 Å². The van der Waals surface area contributed by atoms with Gasteiger partial charge in [0.15, 0.2) is 11.5 Å². The second kappa shape index (κ2) is 8.81. The Balaban J connectivity index is 1.96. The quantitative estimate of drug-likeness (QED) is 0.566. The van der Waals surface area contributed by atoms with E-state index in [-0.39, 0.29) is 0 Å².